The molecule has 0 aliphatic heterocycles. The third-order valence-corrected chi connectivity index (χ3v) is 11.6. The van der Waals surface area contributed by atoms with Crippen LogP contribution in [0.1, 0.15) is 265 Å². The summed E-state index contributed by atoms with van der Waals surface area (Å²) in [4.78, 5) is 26.0. The summed E-state index contributed by atoms with van der Waals surface area (Å²) < 4.78 is 5.90. The Morgan fingerprint density at radius 2 is 0.895 bits per heavy atom. The Hall–Kier alpha value is -1.66. The molecule has 3 N–H and O–H groups in total. The quantitative estimate of drug-likeness (QED) is 0.0324. The smallest absolute Gasteiger partial charge is 0.306 e. The number of nitrogens with one attached hydrogen (secondary N) is 1. The molecule has 1 amide bonds. The van der Waals surface area contributed by atoms with Crippen molar-refractivity contribution in [2.75, 3.05) is 6.61 Å². The predicted octanol–water partition coefficient (Wildman–Crippen LogP) is 14.7. The molecular weight excluding hydrogens is 707 g/mol. The van der Waals surface area contributed by atoms with Crippen LogP contribution in [-0.4, -0.2) is 46.9 Å². The number of carbonyl (C=O) groups is 2. The van der Waals surface area contributed by atoms with Crippen molar-refractivity contribution in [2.24, 2.45) is 0 Å². The van der Waals surface area contributed by atoms with E-state index in [1.165, 1.54) is 161 Å². The van der Waals surface area contributed by atoms with Crippen LogP contribution >= 0.6 is 0 Å². The monoisotopic (exact) mass is 804 g/mol. The van der Waals surface area contributed by atoms with Crippen LogP contribution in [0.15, 0.2) is 24.3 Å². The van der Waals surface area contributed by atoms with E-state index in [1.54, 1.807) is 0 Å². The van der Waals surface area contributed by atoms with Gasteiger partial charge >= 0.3 is 5.97 Å². The number of allylic oxidation sites excluding steroid dienone is 4. The molecular formula is C51H97NO5. The zero-order valence-electron chi connectivity index (χ0n) is 38.2. The van der Waals surface area contributed by atoms with Crippen molar-refractivity contribution in [1.82, 2.24) is 5.32 Å². The SMILES string of the molecule is CCCCCCCCC/C=C/C=C/CCCC(CC(=O)NC(CO)C(O)CCCCCCCCCCC)OC(=O)CCCCCCCCCCCCCCCCC. The van der Waals surface area contributed by atoms with Gasteiger partial charge in [-0.1, -0.05) is 231 Å². The minimum absolute atomic E-state index is 0.0495. The Labute approximate surface area is 354 Å². The molecule has 0 spiro atoms. The third-order valence-electron chi connectivity index (χ3n) is 11.6. The van der Waals surface area contributed by atoms with E-state index in [4.69, 9.17) is 4.74 Å². The lowest BCUT2D eigenvalue weighted by Gasteiger charge is -2.24. The molecule has 0 fully saturated rings. The van der Waals surface area contributed by atoms with E-state index in [2.05, 4.69) is 50.4 Å². The first kappa shape index (κ1) is 55.3. The number of esters is 1. The summed E-state index contributed by atoms with van der Waals surface area (Å²) in [5.74, 6) is -0.510. The Bertz CT molecular complexity index is 904. The van der Waals surface area contributed by atoms with Crippen molar-refractivity contribution < 1.29 is 24.5 Å². The molecule has 57 heavy (non-hydrogen) atoms. The second kappa shape index (κ2) is 45.4. The average molecular weight is 804 g/mol. The number of amides is 1. The summed E-state index contributed by atoms with van der Waals surface area (Å²) in [5, 5.41) is 23.6. The molecule has 0 bridgehead atoms. The van der Waals surface area contributed by atoms with Crippen molar-refractivity contribution >= 4 is 11.9 Å². The molecule has 0 saturated heterocycles. The second-order valence-electron chi connectivity index (χ2n) is 17.3. The van der Waals surface area contributed by atoms with Gasteiger partial charge in [-0.25, -0.2) is 0 Å². The van der Waals surface area contributed by atoms with Gasteiger partial charge in [0.15, 0.2) is 0 Å². The van der Waals surface area contributed by atoms with Crippen LogP contribution in [-0.2, 0) is 14.3 Å². The Morgan fingerprint density at radius 1 is 0.509 bits per heavy atom. The van der Waals surface area contributed by atoms with E-state index in [-0.39, 0.29) is 24.9 Å². The first-order valence-electron chi connectivity index (χ1n) is 25.1. The van der Waals surface area contributed by atoms with Crippen molar-refractivity contribution in [3.8, 4) is 0 Å². The largest absolute Gasteiger partial charge is 0.462 e. The fourth-order valence-corrected chi connectivity index (χ4v) is 7.72. The lowest BCUT2D eigenvalue weighted by Crippen LogP contribution is -2.46. The summed E-state index contributed by atoms with van der Waals surface area (Å²) in [7, 11) is 0. The molecule has 0 aliphatic carbocycles. The van der Waals surface area contributed by atoms with Gasteiger partial charge in [0.1, 0.15) is 6.10 Å². The van der Waals surface area contributed by atoms with Crippen LogP contribution in [0.3, 0.4) is 0 Å². The molecule has 0 aliphatic rings. The Balaban J connectivity index is 4.61. The van der Waals surface area contributed by atoms with E-state index >= 15 is 0 Å². The molecule has 0 aromatic heterocycles. The number of hydrogen-bond donors (Lipinski definition) is 3. The zero-order chi connectivity index (χ0) is 41.7. The van der Waals surface area contributed by atoms with Crippen molar-refractivity contribution in [2.45, 2.75) is 283 Å². The van der Waals surface area contributed by atoms with Gasteiger partial charge in [0, 0.05) is 6.42 Å². The summed E-state index contributed by atoms with van der Waals surface area (Å²) in [5.41, 5.74) is 0. The fourth-order valence-electron chi connectivity index (χ4n) is 7.72. The summed E-state index contributed by atoms with van der Waals surface area (Å²) in [6.45, 7) is 6.46. The summed E-state index contributed by atoms with van der Waals surface area (Å²) in [6.07, 6.45) is 51.0. The molecule has 3 atom stereocenters. The number of ether oxygens (including phenoxy) is 1. The van der Waals surface area contributed by atoms with Crippen molar-refractivity contribution in [3.63, 3.8) is 0 Å². The molecule has 0 aromatic carbocycles. The first-order valence-corrected chi connectivity index (χ1v) is 25.1. The zero-order valence-corrected chi connectivity index (χ0v) is 38.2. The van der Waals surface area contributed by atoms with Gasteiger partial charge < -0.3 is 20.3 Å². The number of aliphatic hydroxyl groups is 2. The molecule has 6 nitrogen and oxygen atoms in total. The van der Waals surface area contributed by atoms with E-state index in [0.29, 0.717) is 19.3 Å². The molecule has 6 heteroatoms. The fraction of sp³-hybridized carbons (Fsp3) is 0.882. The number of hydrogen-bond acceptors (Lipinski definition) is 5. The average Bonchev–Trinajstić information content (AvgIpc) is 3.20. The predicted molar refractivity (Wildman–Crippen MR) is 246 cm³/mol. The van der Waals surface area contributed by atoms with Crippen LogP contribution in [0.25, 0.3) is 0 Å². The number of carbonyl (C=O) groups excluding carboxylic acids is 2. The highest BCUT2D eigenvalue weighted by molar-refractivity contribution is 5.77. The van der Waals surface area contributed by atoms with Gasteiger partial charge in [0.05, 0.1) is 25.2 Å². The van der Waals surface area contributed by atoms with Crippen LogP contribution in [0.5, 0.6) is 0 Å². The van der Waals surface area contributed by atoms with E-state index < -0.39 is 18.2 Å². The second-order valence-corrected chi connectivity index (χ2v) is 17.3. The van der Waals surface area contributed by atoms with Crippen LogP contribution < -0.4 is 5.32 Å². The molecule has 0 heterocycles. The van der Waals surface area contributed by atoms with Gasteiger partial charge in [0.25, 0.3) is 0 Å². The minimum Gasteiger partial charge on any atom is -0.462 e. The lowest BCUT2D eigenvalue weighted by atomic mass is 10.0. The van der Waals surface area contributed by atoms with Crippen LogP contribution in [0, 0.1) is 0 Å². The maximum atomic E-state index is 13.1. The highest BCUT2D eigenvalue weighted by Gasteiger charge is 2.24. The van der Waals surface area contributed by atoms with Crippen molar-refractivity contribution in [1.29, 1.82) is 0 Å². The number of unbranched alkanes of at least 4 members (excludes halogenated alkanes) is 30. The molecule has 0 rings (SSSR count). The summed E-state index contributed by atoms with van der Waals surface area (Å²) >= 11 is 0. The van der Waals surface area contributed by atoms with E-state index in [1.807, 2.05) is 0 Å². The summed E-state index contributed by atoms with van der Waals surface area (Å²) in [6, 6.07) is -0.709. The molecule has 0 aromatic rings. The Morgan fingerprint density at radius 3 is 1.33 bits per heavy atom. The number of rotatable bonds is 45. The normalized spacial score (nSPS) is 13.4. The molecule has 0 radical (unpaired) electrons. The topological polar surface area (TPSA) is 95.9 Å². The maximum Gasteiger partial charge on any atom is 0.306 e. The Kier molecular flexibility index (Phi) is 44.1. The number of aliphatic hydroxyl groups excluding tert-OH is 2. The van der Waals surface area contributed by atoms with Crippen LogP contribution in [0.2, 0.25) is 0 Å². The highest BCUT2D eigenvalue weighted by atomic mass is 16.5. The van der Waals surface area contributed by atoms with E-state index in [0.717, 1.165) is 57.8 Å². The maximum absolute atomic E-state index is 13.1. The van der Waals surface area contributed by atoms with Gasteiger partial charge in [0.2, 0.25) is 5.91 Å². The van der Waals surface area contributed by atoms with Crippen LogP contribution in [0.4, 0.5) is 0 Å². The van der Waals surface area contributed by atoms with Gasteiger partial charge in [-0.2, -0.15) is 0 Å². The first-order chi connectivity index (χ1) is 28.0. The highest BCUT2D eigenvalue weighted by Crippen LogP contribution is 2.17. The molecule has 0 saturated carbocycles. The standard InChI is InChI=1S/C51H97NO5/c1-4-7-10-13-16-19-21-23-25-27-29-32-35-38-41-44-51(56)57-47(42-39-36-33-31-28-26-24-22-20-17-14-11-8-5-2)45-50(55)52-48(46-53)49(54)43-40-37-34-30-18-15-12-9-6-3/h26,28,31,33,47-49,53-54H,4-25,27,29-30,32,34-46H2,1-3H3,(H,52,55)/b28-26+,33-31+. The van der Waals surface area contributed by atoms with Crippen molar-refractivity contribution in [3.05, 3.63) is 24.3 Å². The van der Waals surface area contributed by atoms with E-state index in [9.17, 15) is 19.8 Å². The molecule has 3 unspecified atom stereocenters. The van der Waals surface area contributed by atoms with Gasteiger partial charge in [-0.3, -0.25) is 9.59 Å². The van der Waals surface area contributed by atoms with Gasteiger partial charge in [-0.15, -0.1) is 0 Å². The van der Waals surface area contributed by atoms with Gasteiger partial charge in [-0.05, 0) is 44.9 Å². The third kappa shape index (κ3) is 40.9. The minimum atomic E-state index is -0.793. The molecule has 336 valence electrons. The lowest BCUT2D eigenvalue weighted by molar-refractivity contribution is -0.151.